The molecule has 0 spiro atoms. The van der Waals surface area contributed by atoms with E-state index in [-0.39, 0.29) is 24.2 Å². The molecule has 1 unspecified atom stereocenters. The molecule has 31 heavy (non-hydrogen) atoms. The zero-order chi connectivity index (χ0) is 22.0. The van der Waals surface area contributed by atoms with E-state index >= 15 is 0 Å². The van der Waals surface area contributed by atoms with E-state index in [2.05, 4.69) is 4.90 Å². The third-order valence-electron chi connectivity index (χ3n) is 6.12. The summed E-state index contributed by atoms with van der Waals surface area (Å²) >= 11 is 0. The first kappa shape index (κ1) is 21.0. The molecule has 0 bridgehead atoms. The van der Waals surface area contributed by atoms with Crippen molar-refractivity contribution < 1.29 is 19.1 Å². The highest BCUT2D eigenvalue weighted by atomic mass is 16.5. The lowest BCUT2D eigenvalue weighted by molar-refractivity contribution is -0.136. The van der Waals surface area contributed by atoms with Crippen LogP contribution in [-0.4, -0.2) is 63.7 Å². The third kappa shape index (κ3) is 4.17. The first-order chi connectivity index (χ1) is 15.0. The van der Waals surface area contributed by atoms with Crippen LogP contribution in [0.2, 0.25) is 0 Å². The largest absolute Gasteiger partial charge is 0.495 e. The number of amides is 2. The Morgan fingerprint density at radius 2 is 1.61 bits per heavy atom. The Labute approximate surface area is 183 Å². The summed E-state index contributed by atoms with van der Waals surface area (Å²) in [5.41, 5.74) is 2.83. The van der Waals surface area contributed by atoms with Crippen molar-refractivity contribution in [3.8, 4) is 11.5 Å². The second kappa shape index (κ2) is 8.88. The molecule has 0 radical (unpaired) electrons. The fraction of sp³-hybridized carbons (Fsp3) is 0.417. The second-order valence-electron chi connectivity index (χ2n) is 8.06. The van der Waals surface area contributed by atoms with Gasteiger partial charge < -0.3 is 24.2 Å². The zero-order valence-electron chi connectivity index (χ0n) is 18.3. The lowest BCUT2D eigenvalue weighted by atomic mass is 10.1. The van der Waals surface area contributed by atoms with Gasteiger partial charge in [0.05, 0.1) is 31.5 Å². The van der Waals surface area contributed by atoms with Gasteiger partial charge in [0.2, 0.25) is 11.8 Å². The van der Waals surface area contributed by atoms with Crippen molar-refractivity contribution in [1.29, 1.82) is 0 Å². The number of ether oxygens (including phenoxy) is 2. The van der Waals surface area contributed by atoms with Crippen LogP contribution < -0.4 is 19.3 Å². The Bertz CT molecular complexity index is 969. The number of benzene rings is 2. The number of nitrogens with zero attached hydrogens (tertiary/aromatic N) is 3. The fourth-order valence-electron chi connectivity index (χ4n) is 4.43. The maximum atomic E-state index is 13.2. The number of aryl methyl sites for hydroxylation is 1. The lowest BCUT2D eigenvalue weighted by Crippen LogP contribution is -2.50. The number of carbonyl (C=O) groups is 2. The van der Waals surface area contributed by atoms with Crippen molar-refractivity contribution >= 4 is 23.2 Å². The number of hydrogen-bond acceptors (Lipinski definition) is 5. The summed E-state index contributed by atoms with van der Waals surface area (Å²) in [5.74, 6) is 1.19. The molecule has 2 aromatic rings. The minimum absolute atomic E-state index is 0.0325. The number of methoxy groups -OCH3 is 2. The number of rotatable bonds is 5. The molecule has 2 aromatic carbocycles. The van der Waals surface area contributed by atoms with Crippen LogP contribution in [0.1, 0.15) is 12.0 Å². The summed E-state index contributed by atoms with van der Waals surface area (Å²) in [5, 5.41) is 0. The minimum Gasteiger partial charge on any atom is -0.495 e. The average molecular weight is 424 g/mol. The van der Waals surface area contributed by atoms with Crippen LogP contribution >= 0.6 is 0 Å². The zero-order valence-corrected chi connectivity index (χ0v) is 18.3. The molecule has 2 aliphatic heterocycles. The van der Waals surface area contributed by atoms with Crippen LogP contribution in [0, 0.1) is 12.8 Å². The fourth-order valence-corrected chi connectivity index (χ4v) is 4.43. The molecule has 4 rings (SSSR count). The topological polar surface area (TPSA) is 62.3 Å². The van der Waals surface area contributed by atoms with Crippen molar-refractivity contribution in [2.75, 3.05) is 56.7 Å². The molecule has 2 heterocycles. The van der Waals surface area contributed by atoms with Gasteiger partial charge in [0.25, 0.3) is 0 Å². The van der Waals surface area contributed by atoms with E-state index < -0.39 is 0 Å². The SMILES string of the molecule is COc1ccccc1N1CCN(C(=O)C2CC(=O)N(c3cc(C)ccc3OC)C2)CC1. The van der Waals surface area contributed by atoms with E-state index in [0.717, 1.165) is 35.8 Å². The van der Waals surface area contributed by atoms with Crippen LogP contribution in [0.25, 0.3) is 0 Å². The monoisotopic (exact) mass is 423 g/mol. The van der Waals surface area contributed by atoms with E-state index in [9.17, 15) is 9.59 Å². The van der Waals surface area contributed by atoms with Crippen LogP contribution in [0.15, 0.2) is 42.5 Å². The van der Waals surface area contributed by atoms with Crippen molar-refractivity contribution in [2.45, 2.75) is 13.3 Å². The Hall–Kier alpha value is -3.22. The Balaban J connectivity index is 1.41. The van der Waals surface area contributed by atoms with Gasteiger partial charge in [-0.25, -0.2) is 0 Å². The molecule has 7 heteroatoms. The summed E-state index contributed by atoms with van der Waals surface area (Å²) in [7, 11) is 3.27. The third-order valence-corrected chi connectivity index (χ3v) is 6.12. The Morgan fingerprint density at radius 1 is 0.935 bits per heavy atom. The molecule has 0 N–H and O–H groups in total. The van der Waals surface area contributed by atoms with Gasteiger partial charge in [-0.2, -0.15) is 0 Å². The highest BCUT2D eigenvalue weighted by Gasteiger charge is 2.39. The second-order valence-corrected chi connectivity index (χ2v) is 8.06. The summed E-state index contributed by atoms with van der Waals surface area (Å²) in [6.45, 7) is 5.12. The molecule has 2 aliphatic rings. The lowest BCUT2D eigenvalue weighted by Gasteiger charge is -2.37. The number of anilines is 2. The van der Waals surface area contributed by atoms with Crippen LogP contribution in [0.3, 0.4) is 0 Å². The van der Waals surface area contributed by atoms with Gasteiger partial charge in [-0.15, -0.1) is 0 Å². The minimum atomic E-state index is -0.324. The number of carbonyl (C=O) groups excluding carboxylic acids is 2. The first-order valence-electron chi connectivity index (χ1n) is 10.6. The Kier molecular flexibility index (Phi) is 6.02. The number of hydrogen-bond donors (Lipinski definition) is 0. The van der Waals surface area contributed by atoms with E-state index in [4.69, 9.17) is 9.47 Å². The van der Waals surface area contributed by atoms with Gasteiger partial charge in [0, 0.05) is 39.1 Å². The molecule has 164 valence electrons. The van der Waals surface area contributed by atoms with Gasteiger partial charge in [0.1, 0.15) is 11.5 Å². The molecule has 1 atom stereocenters. The summed E-state index contributed by atoms with van der Waals surface area (Å²) in [6.07, 6.45) is 0.239. The quantitative estimate of drug-likeness (QED) is 0.740. The molecule has 2 saturated heterocycles. The smallest absolute Gasteiger partial charge is 0.228 e. The average Bonchev–Trinajstić information content (AvgIpc) is 3.20. The molecule has 0 aliphatic carbocycles. The predicted octanol–water partition coefficient (Wildman–Crippen LogP) is 2.71. The molecule has 0 saturated carbocycles. The van der Waals surface area contributed by atoms with Crippen LogP contribution in [-0.2, 0) is 9.59 Å². The molecule has 2 amide bonds. The normalized spacial score (nSPS) is 19.0. The molecular formula is C24H29N3O4. The molecular weight excluding hydrogens is 394 g/mol. The van der Waals surface area contributed by atoms with Crippen molar-refractivity contribution in [2.24, 2.45) is 5.92 Å². The maximum absolute atomic E-state index is 13.2. The number of piperazine rings is 1. The van der Waals surface area contributed by atoms with Crippen LogP contribution in [0.4, 0.5) is 11.4 Å². The Morgan fingerprint density at radius 3 is 2.32 bits per heavy atom. The first-order valence-corrected chi connectivity index (χ1v) is 10.6. The summed E-state index contributed by atoms with van der Waals surface area (Å²) < 4.78 is 10.9. The van der Waals surface area contributed by atoms with Gasteiger partial charge >= 0.3 is 0 Å². The molecule has 7 nitrogen and oxygen atoms in total. The van der Waals surface area contributed by atoms with E-state index in [0.29, 0.717) is 25.4 Å². The van der Waals surface area contributed by atoms with Gasteiger partial charge in [-0.05, 0) is 36.8 Å². The van der Waals surface area contributed by atoms with Crippen LogP contribution in [0.5, 0.6) is 11.5 Å². The van der Waals surface area contributed by atoms with E-state index in [1.165, 1.54) is 0 Å². The highest BCUT2D eigenvalue weighted by molar-refractivity contribution is 6.01. The molecule has 2 fully saturated rings. The van der Waals surface area contributed by atoms with E-state index in [1.54, 1.807) is 19.1 Å². The van der Waals surface area contributed by atoms with Crippen molar-refractivity contribution in [3.63, 3.8) is 0 Å². The van der Waals surface area contributed by atoms with Crippen molar-refractivity contribution in [1.82, 2.24) is 4.90 Å². The standard InChI is InChI=1S/C24H29N3O4/c1-17-8-9-22(31-3)20(14-17)27-16-18(15-23(27)28)24(29)26-12-10-25(11-13-26)19-6-4-5-7-21(19)30-2/h4-9,14,18H,10-13,15-16H2,1-3H3. The van der Waals surface area contributed by atoms with Crippen molar-refractivity contribution in [3.05, 3.63) is 48.0 Å². The van der Waals surface area contributed by atoms with Gasteiger partial charge in [0.15, 0.2) is 0 Å². The van der Waals surface area contributed by atoms with Gasteiger partial charge in [-0.3, -0.25) is 9.59 Å². The van der Waals surface area contributed by atoms with E-state index in [1.807, 2.05) is 54.3 Å². The predicted molar refractivity (Wildman–Crippen MR) is 120 cm³/mol. The highest BCUT2D eigenvalue weighted by Crippen LogP contribution is 2.35. The summed E-state index contributed by atoms with van der Waals surface area (Å²) in [4.78, 5) is 31.7. The maximum Gasteiger partial charge on any atom is 0.228 e. The number of para-hydroxylation sites is 2. The van der Waals surface area contributed by atoms with Gasteiger partial charge in [-0.1, -0.05) is 18.2 Å². The summed E-state index contributed by atoms with van der Waals surface area (Å²) in [6, 6.07) is 13.7. The molecule has 0 aromatic heterocycles.